The van der Waals surface area contributed by atoms with Crippen LogP contribution in [-0.2, 0) is 11.3 Å². The molecule has 1 aliphatic rings. The molecule has 2 aromatic rings. The van der Waals surface area contributed by atoms with Crippen LogP contribution in [0.4, 0.5) is 5.69 Å². The minimum Gasteiger partial charge on any atom is -0.497 e. The van der Waals surface area contributed by atoms with Crippen LogP contribution < -0.4 is 14.5 Å². The van der Waals surface area contributed by atoms with Gasteiger partial charge in [0.05, 0.1) is 14.2 Å². The Labute approximate surface area is 166 Å². The van der Waals surface area contributed by atoms with Crippen molar-refractivity contribution in [3.8, 4) is 5.75 Å². The third kappa shape index (κ3) is 5.37. The zero-order valence-corrected chi connectivity index (χ0v) is 16.7. The molecule has 1 heterocycles. The predicted octanol–water partition coefficient (Wildman–Crippen LogP) is 1.71. The van der Waals surface area contributed by atoms with Crippen molar-refractivity contribution in [3.63, 3.8) is 0 Å². The Bertz CT molecular complexity index is 758. The van der Waals surface area contributed by atoms with Gasteiger partial charge in [0, 0.05) is 42.5 Å². The zero-order chi connectivity index (χ0) is 19.2. The first-order chi connectivity index (χ1) is 13.0. The summed E-state index contributed by atoms with van der Waals surface area (Å²) in [6.45, 7) is 4.51. The molecule has 1 N–H and O–H groups in total. The van der Waals surface area contributed by atoms with Crippen LogP contribution in [0.5, 0.6) is 5.75 Å². The van der Waals surface area contributed by atoms with E-state index < -0.39 is 0 Å². The lowest BCUT2D eigenvalue weighted by Crippen LogP contribution is -3.09. The highest BCUT2D eigenvalue weighted by Crippen LogP contribution is 2.20. The van der Waals surface area contributed by atoms with Gasteiger partial charge in [-0.15, -0.1) is 0 Å². The van der Waals surface area contributed by atoms with Gasteiger partial charge in [-0.1, -0.05) is 23.7 Å². The number of piperazine rings is 1. The van der Waals surface area contributed by atoms with Crippen molar-refractivity contribution in [1.29, 1.82) is 0 Å². The molecule has 0 saturated carbocycles. The number of halogens is 1. The summed E-state index contributed by atoms with van der Waals surface area (Å²) in [5.74, 6) is 1.07. The number of nitrogens with zero attached hydrogens (tertiary/aromatic N) is 2. The van der Waals surface area contributed by atoms with E-state index in [2.05, 4.69) is 17.0 Å². The fourth-order valence-corrected chi connectivity index (χ4v) is 3.65. The number of likely N-dealkylation sites (N-methyl/N-ethyl adjacent to an activating group) is 1. The van der Waals surface area contributed by atoms with E-state index in [1.807, 2.05) is 48.3 Å². The van der Waals surface area contributed by atoms with Crippen molar-refractivity contribution in [2.45, 2.75) is 6.54 Å². The second kappa shape index (κ2) is 9.11. The first-order valence-electron chi connectivity index (χ1n) is 9.27. The van der Waals surface area contributed by atoms with Gasteiger partial charge in [-0.3, -0.25) is 4.79 Å². The maximum atomic E-state index is 12.6. The summed E-state index contributed by atoms with van der Waals surface area (Å²) in [5.41, 5.74) is 2.32. The molecule has 3 rings (SSSR count). The monoisotopic (exact) mass is 388 g/mol. The van der Waals surface area contributed by atoms with Crippen molar-refractivity contribution in [2.75, 3.05) is 51.8 Å². The topological polar surface area (TPSA) is 37.2 Å². The number of hydrogen-bond donors (Lipinski definition) is 1. The first-order valence-corrected chi connectivity index (χ1v) is 9.65. The number of carbonyl (C=O) groups excluding carboxylic acids is 1. The van der Waals surface area contributed by atoms with E-state index in [1.165, 1.54) is 10.6 Å². The lowest BCUT2D eigenvalue weighted by Gasteiger charge is -2.36. The van der Waals surface area contributed by atoms with Crippen LogP contribution in [0.15, 0.2) is 48.5 Å². The third-order valence-electron chi connectivity index (χ3n) is 4.92. The van der Waals surface area contributed by atoms with E-state index in [-0.39, 0.29) is 5.91 Å². The minimum atomic E-state index is 0.212. The molecule has 0 radical (unpaired) electrons. The molecule has 0 aromatic heterocycles. The Balaban J connectivity index is 1.47. The van der Waals surface area contributed by atoms with Crippen LogP contribution >= 0.6 is 11.6 Å². The smallest absolute Gasteiger partial charge is 0.277 e. The Morgan fingerprint density at radius 1 is 1.11 bits per heavy atom. The quantitative estimate of drug-likeness (QED) is 0.818. The van der Waals surface area contributed by atoms with Crippen molar-refractivity contribution < 1.29 is 14.4 Å². The van der Waals surface area contributed by atoms with Gasteiger partial charge in [0.2, 0.25) is 0 Å². The average molecular weight is 389 g/mol. The minimum absolute atomic E-state index is 0.212. The summed E-state index contributed by atoms with van der Waals surface area (Å²) in [4.78, 5) is 18.1. The molecule has 0 bridgehead atoms. The van der Waals surface area contributed by atoms with E-state index in [1.54, 1.807) is 7.11 Å². The molecular weight excluding hydrogens is 362 g/mol. The highest BCUT2D eigenvalue weighted by atomic mass is 35.5. The largest absolute Gasteiger partial charge is 0.497 e. The second-order valence-corrected chi connectivity index (χ2v) is 7.44. The number of quaternary nitrogens is 1. The van der Waals surface area contributed by atoms with E-state index in [0.29, 0.717) is 6.54 Å². The summed E-state index contributed by atoms with van der Waals surface area (Å²) < 4.78 is 5.21. The Morgan fingerprint density at radius 2 is 1.81 bits per heavy atom. The molecule has 6 heteroatoms. The summed E-state index contributed by atoms with van der Waals surface area (Å²) in [6, 6.07) is 15.9. The maximum Gasteiger partial charge on any atom is 0.277 e. The van der Waals surface area contributed by atoms with Gasteiger partial charge in [0.1, 0.15) is 12.3 Å². The highest BCUT2D eigenvalue weighted by molar-refractivity contribution is 6.30. The summed E-state index contributed by atoms with van der Waals surface area (Å²) >= 11 is 6.04. The molecule has 1 fully saturated rings. The molecule has 5 nitrogen and oxygen atoms in total. The molecule has 27 heavy (non-hydrogen) atoms. The summed E-state index contributed by atoms with van der Waals surface area (Å²) in [5, 5.41) is 0.737. The van der Waals surface area contributed by atoms with Crippen molar-refractivity contribution in [3.05, 3.63) is 59.1 Å². The number of amides is 1. The Hall–Kier alpha value is -2.24. The van der Waals surface area contributed by atoms with Crippen LogP contribution in [0.1, 0.15) is 5.56 Å². The molecular formula is C21H27ClN3O2+. The van der Waals surface area contributed by atoms with Crippen molar-refractivity contribution in [1.82, 2.24) is 4.90 Å². The second-order valence-electron chi connectivity index (χ2n) is 7.01. The van der Waals surface area contributed by atoms with Gasteiger partial charge >= 0.3 is 0 Å². The van der Waals surface area contributed by atoms with Gasteiger partial charge in [0.15, 0.2) is 6.54 Å². The predicted molar refractivity (Wildman–Crippen MR) is 109 cm³/mol. The molecule has 2 aromatic carbocycles. The number of ether oxygens (including phenoxy) is 1. The number of nitrogens with one attached hydrogen (secondary N) is 1. The molecule has 0 aliphatic carbocycles. The van der Waals surface area contributed by atoms with E-state index in [9.17, 15) is 4.79 Å². The van der Waals surface area contributed by atoms with Crippen LogP contribution in [-0.4, -0.2) is 57.7 Å². The lowest BCUT2D eigenvalue weighted by atomic mass is 10.2. The van der Waals surface area contributed by atoms with E-state index in [4.69, 9.17) is 16.3 Å². The fraction of sp³-hybridized carbons (Fsp3) is 0.381. The standard InChI is InChI=1S/C21H26ClN3O2/c1-23(15-17-4-3-5-18(22)14-17)16-21(26)25-12-10-24(11-13-25)19-6-8-20(27-2)9-7-19/h3-9,14H,10-13,15-16H2,1-2H3/p+1. The number of carbonyl (C=O) groups is 1. The van der Waals surface area contributed by atoms with E-state index in [0.717, 1.165) is 49.1 Å². The molecule has 1 saturated heterocycles. The Morgan fingerprint density at radius 3 is 2.44 bits per heavy atom. The average Bonchev–Trinajstić information content (AvgIpc) is 2.68. The molecule has 1 aliphatic heterocycles. The maximum absolute atomic E-state index is 12.6. The number of hydrogen-bond acceptors (Lipinski definition) is 3. The van der Waals surface area contributed by atoms with Crippen molar-refractivity contribution in [2.24, 2.45) is 0 Å². The number of rotatable bonds is 6. The summed E-state index contributed by atoms with van der Waals surface area (Å²) in [6.07, 6.45) is 0. The van der Waals surface area contributed by atoms with Gasteiger partial charge in [0.25, 0.3) is 5.91 Å². The lowest BCUT2D eigenvalue weighted by molar-refractivity contribution is -0.885. The molecule has 0 spiro atoms. The first kappa shape index (κ1) is 19.5. The number of anilines is 1. The van der Waals surface area contributed by atoms with Crippen LogP contribution in [0.25, 0.3) is 0 Å². The normalized spacial score (nSPS) is 15.5. The molecule has 1 amide bonds. The zero-order valence-electron chi connectivity index (χ0n) is 16.0. The third-order valence-corrected chi connectivity index (χ3v) is 5.15. The van der Waals surface area contributed by atoms with Crippen LogP contribution in [0.2, 0.25) is 5.02 Å². The number of benzene rings is 2. The highest BCUT2D eigenvalue weighted by Gasteiger charge is 2.23. The Kier molecular flexibility index (Phi) is 6.58. The molecule has 1 unspecified atom stereocenters. The van der Waals surface area contributed by atoms with Crippen molar-refractivity contribution >= 4 is 23.2 Å². The van der Waals surface area contributed by atoms with Gasteiger partial charge in [-0.25, -0.2) is 0 Å². The van der Waals surface area contributed by atoms with Gasteiger partial charge in [-0.2, -0.15) is 0 Å². The SMILES string of the molecule is COc1ccc(N2CCN(C(=O)C[NH+](C)Cc3cccc(Cl)c3)CC2)cc1. The van der Waals surface area contributed by atoms with Gasteiger partial charge < -0.3 is 19.4 Å². The number of methoxy groups -OCH3 is 1. The van der Waals surface area contributed by atoms with Crippen LogP contribution in [0, 0.1) is 0 Å². The summed E-state index contributed by atoms with van der Waals surface area (Å²) in [7, 11) is 3.72. The van der Waals surface area contributed by atoms with Gasteiger partial charge in [-0.05, 0) is 36.4 Å². The van der Waals surface area contributed by atoms with E-state index >= 15 is 0 Å². The van der Waals surface area contributed by atoms with Crippen LogP contribution in [0.3, 0.4) is 0 Å². The molecule has 144 valence electrons. The fourth-order valence-electron chi connectivity index (χ4n) is 3.43. The molecule has 1 atom stereocenters.